The Labute approximate surface area is 170 Å². The molecule has 10 heteroatoms. The molecule has 3 heterocycles. The summed E-state index contributed by atoms with van der Waals surface area (Å²) in [5, 5.41) is 19.5. The second kappa shape index (κ2) is 8.43. The quantitative estimate of drug-likeness (QED) is 0.344. The molecule has 3 aromatic heterocycles. The van der Waals surface area contributed by atoms with Gasteiger partial charge in [0.2, 0.25) is 5.82 Å². The van der Waals surface area contributed by atoms with Crippen molar-refractivity contribution in [1.29, 1.82) is 0 Å². The number of hydrogen-bond donors (Lipinski definition) is 0. The van der Waals surface area contributed by atoms with Gasteiger partial charge in [0.15, 0.2) is 0 Å². The first-order valence-electron chi connectivity index (χ1n) is 9.05. The van der Waals surface area contributed by atoms with E-state index in [9.17, 15) is 14.5 Å². The number of rotatable bonds is 7. The molecule has 0 fully saturated rings. The first-order valence-corrected chi connectivity index (χ1v) is 9.05. The smallest absolute Gasteiger partial charge is 0.343 e. The molecule has 1 aromatic carbocycles. The highest BCUT2D eigenvalue weighted by Crippen LogP contribution is 2.18. The molecule has 0 aliphatic heterocycles. The second-order valence-corrected chi connectivity index (χ2v) is 6.35. The summed E-state index contributed by atoms with van der Waals surface area (Å²) >= 11 is 0. The van der Waals surface area contributed by atoms with Crippen LogP contribution >= 0.6 is 0 Å². The number of nitrogens with zero attached hydrogens (tertiary/aromatic N) is 7. The first-order chi connectivity index (χ1) is 14.6. The first kappa shape index (κ1) is 19.1. The molecule has 0 atom stereocenters. The molecule has 0 radical (unpaired) electrons. The zero-order chi connectivity index (χ0) is 20.9. The van der Waals surface area contributed by atoms with Crippen LogP contribution in [-0.4, -0.2) is 34.5 Å². The van der Waals surface area contributed by atoms with Gasteiger partial charge in [0.1, 0.15) is 24.3 Å². The Kier molecular flexibility index (Phi) is 5.37. The topological polar surface area (TPSA) is 105 Å². The van der Waals surface area contributed by atoms with Crippen molar-refractivity contribution in [3.8, 4) is 11.4 Å². The Bertz CT molecular complexity index is 1180. The minimum Gasteiger partial charge on any atom is -0.358 e. The highest BCUT2D eigenvalue weighted by atomic mass is 19.1. The molecule has 150 valence electrons. The number of aryl methyl sites for hydroxylation is 1. The van der Waals surface area contributed by atoms with E-state index in [0.29, 0.717) is 23.8 Å². The van der Waals surface area contributed by atoms with Crippen LogP contribution in [0.2, 0.25) is 0 Å². The van der Waals surface area contributed by atoms with Gasteiger partial charge in [0, 0.05) is 12.3 Å². The maximum Gasteiger partial charge on any atom is 0.343 e. The van der Waals surface area contributed by atoms with E-state index < -0.39 is 4.92 Å². The summed E-state index contributed by atoms with van der Waals surface area (Å²) in [6.45, 7) is 0.624. The third-order valence-corrected chi connectivity index (χ3v) is 4.37. The van der Waals surface area contributed by atoms with Crippen molar-refractivity contribution in [2.45, 2.75) is 13.1 Å². The summed E-state index contributed by atoms with van der Waals surface area (Å²) in [6, 6.07) is 11.4. The monoisotopic (exact) mass is 405 g/mol. The second-order valence-electron chi connectivity index (χ2n) is 6.35. The van der Waals surface area contributed by atoms with E-state index in [2.05, 4.69) is 20.3 Å². The van der Waals surface area contributed by atoms with Crippen LogP contribution in [0.3, 0.4) is 0 Å². The van der Waals surface area contributed by atoms with Crippen molar-refractivity contribution < 1.29 is 9.31 Å². The molecular weight excluding hydrogens is 389 g/mol. The number of imidazole rings is 1. The van der Waals surface area contributed by atoms with Crippen molar-refractivity contribution in [3.63, 3.8) is 0 Å². The predicted molar refractivity (Wildman–Crippen MR) is 107 cm³/mol. The van der Waals surface area contributed by atoms with E-state index in [1.807, 2.05) is 18.2 Å². The highest BCUT2D eigenvalue weighted by Gasteiger charge is 2.19. The van der Waals surface area contributed by atoms with Gasteiger partial charge in [0.25, 0.3) is 0 Å². The van der Waals surface area contributed by atoms with Crippen LogP contribution < -0.4 is 0 Å². The largest absolute Gasteiger partial charge is 0.358 e. The van der Waals surface area contributed by atoms with Crippen molar-refractivity contribution >= 4 is 18.0 Å². The lowest BCUT2D eigenvalue weighted by atomic mass is 10.2. The molecule has 30 heavy (non-hydrogen) atoms. The Balaban J connectivity index is 1.53. The van der Waals surface area contributed by atoms with Gasteiger partial charge >= 0.3 is 5.82 Å². The van der Waals surface area contributed by atoms with Gasteiger partial charge in [-0.3, -0.25) is 4.98 Å². The molecule has 4 aromatic rings. The Morgan fingerprint density at radius 3 is 2.60 bits per heavy atom. The van der Waals surface area contributed by atoms with Crippen LogP contribution in [0.4, 0.5) is 10.2 Å². The molecule has 0 aliphatic rings. The Morgan fingerprint density at radius 1 is 1.03 bits per heavy atom. The van der Waals surface area contributed by atoms with E-state index in [1.54, 1.807) is 41.4 Å². The molecular formula is C20H16FN7O2. The fourth-order valence-electron chi connectivity index (χ4n) is 2.87. The normalized spacial score (nSPS) is 11.2. The van der Waals surface area contributed by atoms with Gasteiger partial charge in [-0.15, -0.1) is 5.10 Å². The lowest BCUT2D eigenvalue weighted by molar-refractivity contribution is -0.392. The van der Waals surface area contributed by atoms with Crippen molar-refractivity contribution in [1.82, 2.24) is 29.5 Å². The van der Waals surface area contributed by atoms with Crippen LogP contribution in [-0.2, 0) is 13.1 Å². The van der Waals surface area contributed by atoms with Gasteiger partial charge < -0.3 is 10.1 Å². The Hall–Kier alpha value is -4.21. The summed E-state index contributed by atoms with van der Waals surface area (Å²) < 4.78 is 16.1. The lowest BCUT2D eigenvalue weighted by Crippen LogP contribution is -2.11. The average molecular weight is 405 g/mol. The van der Waals surface area contributed by atoms with Gasteiger partial charge in [0.05, 0.1) is 18.4 Å². The number of hydrogen-bond acceptors (Lipinski definition) is 6. The van der Waals surface area contributed by atoms with Crippen LogP contribution in [0.25, 0.3) is 23.5 Å². The van der Waals surface area contributed by atoms with Gasteiger partial charge in [-0.1, -0.05) is 23.4 Å². The molecule has 0 saturated carbocycles. The Morgan fingerprint density at radius 2 is 1.87 bits per heavy atom. The maximum absolute atomic E-state index is 13.0. The minimum absolute atomic E-state index is 0.126. The van der Waals surface area contributed by atoms with Gasteiger partial charge in [-0.25, -0.2) is 18.6 Å². The van der Waals surface area contributed by atoms with E-state index >= 15 is 0 Å². The van der Waals surface area contributed by atoms with Crippen LogP contribution in [0.5, 0.6) is 0 Å². The average Bonchev–Trinajstić information content (AvgIpc) is 3.39. The molecule has 0 saturated heterocycles. The minimum atomic E-state index is -0.483. The fraction of sp³-hybridized carbons (Fsp3) is 0.100. The molecule has 0 spiro atoms. The zero-order valence-electron chi connectivity index (χ0n) is 15.7. The van der Waals surface area contributed by atoms with E-state index in [4.69, 9.17) is 0 Å². The zero-order valence-corrected chi connectivity index (χ0v) is 15.7. The SMILES string of the molecule is O=[N+]([O-])c1cnc(/C=C/c2ccc(F)cc2)n1CCn1cc(-c2ccccn2)nn1. The molecule has 9 nitrogen and oxygen atoms in total. The van der Waals surface area contributed by atoms with Gasteiger partial charge in [-0.05, 0) is 40.8 Å². The summed E-state index contributed by atoms with van der Waals surface area (Å²) in [7, 11) is 0. The number of benzene rings is 1. The van der Waals surface area contributed by atoms with E-state index in [0.717, 1.165) is 5.56 Å². The number of halogens is 1. The summed E-state index contributed by atoms with van der Waals surface area (Å²) in [6.07, 6.45) is 7.99. The molecule has 4 rings (SSSR count). The molecule has 0 amide bonds. The highest BCUT2D eigenvalue weighted by molar-refractivity contribution is 5.67. The third kappa shape index (κ3) is 4.27. The maximum atomic E-state index is 13.0. The van der Waals surface area contributed by atoms with Gasteiger partial charge in [-0.2, -0.15) is 0 Å². The lowest BCUT2D eigenvalue weighted by Gasteiger charge is -2.03. The summed E-state index contributed by atoms with van der Waals surface area (Å²) in [5.74, 6) is -0.0443. The number of nitro groups is 1. The third-order valence-electron chi connectivity index (χ3n) is 4.37. The van der Waals surface area contributed by atoms with E-state index in [1.165, 1.54) is 22.9 Å². The predicted octanol–water partition coefficient (Wildman–Crippen LogP) is 3.45. The number of aromatic nitrogens is 6. The van der Waals surface area contributed by atoms with Crippen LogP contribution in [0.15, 0.2) is 61.1 Å². The molecule has 0 aliphatic carbocycles. The standard InChI is InChI=1S/C20H16FN7O2/c21-16-7-4-15(5-8-16)6-9-19-23-13-20(28(29)30)27(19)12-11-26-14-18(24-25-26)17-3-1-2-10-22-17/h1-10,13-14H,11-12H2/b9-6+. The number of pyridine rings is 1. The van der Waals surface area contributed by atoms with Crippen LogP contribution in [0.1, 0.15) is 11.4 Å². The summed E-state index contributed by atoms with van der Waals surface area (Å²) in [4.78, 5) is 19.3. The van der Waals surface area contributed by atoms with Crippen molar-refractivity contribution in [2.75, 3.05) is 0 Å². The summed E-state index contributed by atoms with van der Waals surface area (Å²) in [5.41, 5.74) is 2.07. The fourth-order valence-corrected chi connectivity index (χ4v) is 2.87. The molecule has 0 unspecified atom stereocenters. The molecule has 0 bridgehead atoms. The molecule has 0 N–H and O–H groups in total. The van der Waals surface area contributed by atoms with E-state index in [-0.39, 0.29) is 18.2 Å². The van der Waals surface area contributed by atoms with Crippen molar-refractivity contribution in [3.05, 3.63) is 88.4 Å². The van der Waals surface area contributed by atoms with Crippen molar-refractivity contribution in [2.24, 2.45) is 0 Å². The van der Waals surface area contributed by atoms with Crippen LogP contribution in [0, 0.1) is 15.9 Å².